The molecule has 0 aliphatic heterocycles. The second-order valence-electron chi connectivity index (χ2n) is 3.39. The first-order chi connectivity index (χ1) is 7.58. The van der Waals surface area contributed by atoms with Gasteiger partial charge in [0.05, 0.1) is 13.7 Å². The lowest BCUT2D eigenvalue weighted by atomic mass is 10.2. The van der Waals surface area contributed by atoms with E-state index in [2.05, 4.69) is 0 Å². The smallest absolute Gasteiger partial charge is 0.123 e. The minimum atomic E-state index is 0.0234. The van der Waals surface area contributed by atoms with Crippen LogP contribution in [0.1, 0.15) is 12.5 Å². The molecule has 16 heavy (non-hydrogen) atoms. The lowest BCUT2D eigenvalue weighted by Gasteiger charge is -2.13. The number of thioether (sulfide) groups is 1. The number of hydrogen-bond donors (Lipinski definition) is 3. The summed E-state index contributed by atoms with van der Waals surface area (Å²) in [6.07, 6.45) is 0. The van der Waals surface area contributed by atoms with Crippen molar-refractivity contribution in [2.24, 2.45) is 5.73 Å². The fourth-order valence-electron chi connectivity index (χ4n) is 1.20. The van der Waals surface area contributed by atoms with Crippen LogP contribution in [0.4, 0.5) is 0 Å². The van der Waals surface area contributed by atoms with Gasteiger partial charge in [-0.25, -0.2) is 0 Å². The number of benzene rings is 1. The highest BCUT2D eigenvalue weighted by atomic mass is 32.2. The standard InChI is InChI=1S/C11H16N2O2S/c1-7(6-14)16-10-5-8(15-2)3-4-9(10)11(12)13/h3-5,7,14H,6H2,1-2H3,(H3,12,13). The van der Waals surface area contributed by atoms with Crippen molar-refractivity contribution in [2.45, 2.75) is 17.1 Å². The molecule has 1 aromatic carbocycles. The predicted octanol–water partition coefficient (Wildman–Crippen LogP) is 1.45. The summed E-state index contributed by atoms with van der Waals surface area (Å²) in [7, 11) is 1.59. The molecule has 0 saturated heterocycles. The molecule has 0 fully saturated rings. The number of nitrogens with two attached hydrogens (primary N) is 1. The second kappa shape index (κ2) is 5.77. The lowest BCUT2D eigenvalue weighted by Crippen LogP contribution is -2.13. The van der Waals surface area contributed by atoms with Gasteiger partial charge in [-0.1, -0.05) is 6.92 Å². The normalized spacial score (nSPS) is 12.2. The van der Waals surface area contributed by atoms with E-state index >= 15 is 0 Å². The first-order valence-electron chi connectivity index (χ1n) is 4.88. The van der Waals surface area contributed by atoms with Gasteiger partial charge in [0.15, 0.2) is 0 Å². The quantitative estimate of drug-likeness (QED) is 0.413. The van der Waals surface area contributed by atoms with Crippen molar-refractivity contribution in [1.29, 1.82) is 5.41 Å². The maximum atomic E-state index is 9.02. The molecule has 1 atom stereocenters. The first kappa shape index (κ1) is 12.9. The Morgan fingerprint density at radius 1 is 1.62 bits per heavy atom. The number of nitrogens with one attached hydrogen (secondary N) is 1. The molecule has 0 amide bonds. The third-order valence-corrected chi connectivity index (χ3v) is 3.21. The fraction of sp³-hybridized carbons (Fsp3) is 0.364. The molecule has 0 spiro atoms. The van der Waals surface area contributed by atoms with Crippen molar-refractivity contribution in [3.8, 4) is 5.75 Å². The van der Waals surface area contributed by atoms with Crippen molar-refractivity contribution in [3.05, 3.63) is 23.8 Å². The van der Waals surface area contributed by atoms with Gasteiger partial charge in [0, 0.05) is 15.7 Å². The summed E-state index contributed by atoms with van der Waals surface area (Å²) in [6.45, 7) is 1.99. The molecule has 0 aliphatic rings. The van der Waals surface area contributed by atoms with Crippen LogP contribution >= 0.6 is 11.8 Å². The average Bonchev–Trinajstić information content (AvgIpc) is 2.28. The number of aliphatic hydroxyl groups excluding tert-OH is 1. The average molecular weight is 240 g/mol. The molecular weight excluding hydrogens is 224 g/mol. The molecule has 5 heteroatoms. The highest BCUT2D eigenvalue weighted by Gasteiger charge is 2.11. The van der Waals surface area contributed by atoms with Crippen LogP contribution in [-0.4, -0.2) is 29.9 Å². The molecule has 1 rings (SSSR count). The van der Waals surface area contributed by atoms with Gasteiger partial charge in [-0.3, -0.25) is 5.41 Å². The number of rotatable bonds is 5. The van der Waals surface area contributed by atoms with Crippen LogP contribution in [0.5, 0.6) is 5.75 Å². The van der Waals surface area contributed by atoms with E-state index < -0.39 is 0 Å². The van der Waals surface area contributed by atoms with Crippen molar-refractivity contribution in [3.63, 3.8) is 0 Å². The van der Waals surface area contributed by atoms with Crippen molar-refractivity contribution in [2.75, 3.05) is 13.7 Å². The van der Waals surface area contributed by atoms with E-state index in [4.69, 9.17) is 21.0 Å². The van der Waals surface area contributed by atoms with Gasteiger partial charge in [-0.05, 0) is 18.2 Å². The number of methoxy groups -OCH3 is 1. The Bertz CT molecular complexity index is 382. The second-order valence-corrected chi connectivity index (χ2v) is 4.87. The van der Waals surface area contributed by atoms with Gasteiger partial charge in [0.2, 0.25) is 0 Å². The van der Waals surface area contributed by atoms with Crippen LogP contribution in [0.3, 0.4) is 0 Å². The van der Waals surface area contributed by atoms with E-state index in [1.807, 2.05) is 13.0 Å². The third-order valence-electron chi connectivity index (χ3n) is 2.06. The fourth-order valence-corrected chi connectivity index (χ4v) is 2.20. The van der Waals surface area contributed by atoms with Crippen LogP contribution in [0, 0.1) is 5.41 Å². The van der Waals surface area contributed by atoms with Gasteiger partial charge in [-0.2, -0.15) is 0 Å². The van der Waals surface area contributed by atoms with Gasteiger partial charge in [-0.15, -0.1) is 11.8 Å². The Kier molecular flexibility index (Phi) is 4.64. The zero-order valence-corrected chi connectivity index (χ0v) is 10.2. The van der Waals surface area contributed by atoms with Gasteiger partial charge >= 0.3 is 0 Å². The zero-order chi connectivity index (χ0) is 12.1. The summed E-state index contributed by atoms with van der Waals surface area (Å²) >= 11 is 1.48. The van der Waals surface area contributed by atoms with E-state index in [0.717, 1.165) is 10.6 Å². The van der Waals surface area contributed by atoms with Crippen LogP contribution in [0.15, 0.2) is 23.1 Å². The SMILES string of the molecule is COc1ccc(C(=N)N)c(SC(C)CO)c1. The zero-order valence-electron chi connectivity index (χ0n) is 9.36. The Labute approximate surface area is 99.3 Å². The molecule has 0 aromatic heterocycles. The third kappa shape index (κ3) is 3.15. The Morgan fingerprint density at radius 2 is 2.31 bits per heavy atom. The summed E-state index contributed by atoms with van der Waals surface area (Å²) in [5, 5.41) is 16.5. The van der Waals surface area contributed by atoms with E-state index in [9.17, 15) is 0 Å². The lowest BCUT2D eigenvalue weighted by molar-refractivity contribution is 0.300. The largest absolute Gasteiger partial charge is 0.497 e. The molecule has 1 aromatic rings. The molecular formula is C11H16N2O2S. The van der Waals surface area contributed by atoms with Crippen LogP contribution in [0.2, 0.25) is 0 Å². The van der Waals surface area contributed by atoms with E-state index in [1.165, 1.54) is 11.8 Å². The van der Waals surface area contributed by atoms with Crippen LogP contribution in [-0.2, 0) is 0 Å². The summed E-state index contributed by atoms with van der Waals surface area (Å²) in [5.74, 6) is 0.743. The predicted molar refractivity (Wildman–Crippen MR) is 66.4 cm³/mol. The maximum absolute atomic E-state index is 9.02. The Morgan fingerprint density at radius 3 is 2.81 bits per heavy atom. The molecule has 0 bridgehead atoms. The molecule has 4 N–H and O–H groups in total. The minimum Gasteiger partial charge on any atom is -0.497 e. The van der Waals surface area contributed by atoms with Gasteiger partial charge < -0.3 is 15.6 Å². The number of ether oxygens (including phenoxy) is 1. The van der Waals surface area contributed by atoms with Crippen molar-refractivity contribution in [1.82, 2.24) is 0 Å². The van der Waals surface area contributed by atoms with Gasteiger partial charge in [0.25, 0.3) is 0 Å². The van der Waals surface area contributed by atoms with Gasteiger partial charge in [0.1, 0.15) is 11.6 Å². The molecule has 1 unspecified atom stereocenters. The Hall–Kier alpha value is -1.20. The summed E-state index contributed by atoms with van der Waals surface area (Å²) in [6, 6.07) is 5.35. The minimum absolute atomic E-state index is 0.0234. The summed E-state index contributed by atoms with van der Waals surface area (Å²) in [4.78, 5) is 0.855. The molecule has 0 saturated carbocycles. The molecule has 0 radical (unpaired) electrons. The number of hydrogen-bond acceptors (Lipinski definition) is 4. The Balaban J connectivity index is 3.05. The van der Waals surface area contributed by atoms with Crippen molar-refractivity contribution >= 4 is 17.6 Å². The highest BCUT2D eigenvalue weighted by Crippen LogP contribution is 2.30. The molecule has 88 valence electrons. The van der Waals surface area contributed by atoms with E-state index in [1.54, 1.807) is 19.2 Å². The first-order valence-corrected chi connectivity index (χ1v) is 5.76. The summed E-state index contributed by atoms with van der Waals surface area (Å²) in [5.41, 5.74) is 6.16. The van der Waals surface area contributed by atoms with E-state index in [-0.39, 0.29) is 17.7 Å². The van der Waals surface area contributed by atoms with Crippen molar-refractivity contribution < 1.29 is 9.84 Å². The summed E-state index contributed by atoms with van der Waals surface area (Å²) < 4.78 is 5.12. The van der Waals surface area contributed by atoms with Crippen LogP contribution < -0.4 is 10.5 Å². The molecule has 0 heterocycles. The molecule has 4 nitrogen and oxygen atoms in total. The number of aliphatic hydroxyl groups is 1. The van der Waals surface area contributed by atoms with E-state index in [0.29, 0.717) is 5.56 Å². The topological polar surface area (TPSA) is 79.3 Å². The monoisotopic (exact) mass is 240 g/mol. The van der Waals surface area contributed by atoms with Crippen LogP contribution in [0.25, 0.3) is 0 Å². The highest BCUT2D eigenvalue weighted by molar-refractivity contribution is 8.00. The number of amidine groups is 1. The number of nitrogen functional groups attached to an aromatic ring is 1. The molecule has 0 aliphatic carbocycles. The maximum Gasteiger partial charge on any atom is 0.123 e.